The first kappa shape index (κ1) is 21.2. The van der Waals surface area contributed by atoms with Crippen LogP contribution in [0.15, 0.2) is 54.7 Å². The number of hydrogen-bond donors (Lipinski definition) is 1. The lowest BCUT2D eigenvalue weighted by Gasteiger charge is -2.19. The number of hydrogen-bond acceptors (Lipinski definition) is 3. The van der Waals surface area contributed by atoms with Gasteiger partial charge in [0.05, 0.1) is 6.54 Å². The molecule has 1 heterocycles. The van der Waals surface area contributed by atoms with E-state index in [0.29, 0.717) is 18.8 Å². The molecule has 0 aliphatic carbocycles. The summed E-state index contributed by atoms with van der Waals surface area (Å²) in [5.74, 6) is 0.855. The quantitative estimate of drug-likeness (QED) is 0.650. The third kappa shape index (κ3) is 5.11. The van der Waals surface area contributed by atoms with Crippen molar-refractivity contribution in [1.82, 2.24) is 14.4 Å². The SMILES string of the molecule is Cc1ccccc1OCCN(C)C(=O)Nc1ccc2c(ccn2CC(=O)N(C)C)c1. The largest absolute Gasteiger partial charge is 0.491 e. The van der Waals surface area contributed by atoms with Crippen LogP contribution in [0.25, 0.3) is 10.9 Å². The molecule has 0 saturated carbocycles. The molecule has 0 aliphatic rings. The second-order valence-corrected chi connectivity index (χ2v) is 7.47. The lowest BCUT2D eigenvalue weighted by Crippen LogP contribution is -2.34. The molecule has 1 N–H and O–H groups in total. The molecule has 0 fully saturated rings. The lowest BCUT2D eigenvalue weighted by atomic mass is 10.2. The predicted octanol–water partition coefficient (Wildman–Crippen LogP) is 3.58. The highest BCUT2D eigenvalue weighted by Crippen LogP contribution is 2.21. The number of likely N-dealkylation sites (N-methyl/N-ethyl adjacent to an activating group) is 2. The fourth-order valence-electron chi connectivity index (χ4n) is 3.03. The molecule has 3 amide bonds. The van der Waals surface area contributed by atoms with Gasteiger partial charge < -0.3 is 24.4 Å². The van der Waals surface area contributed by atoms with Gasteiger partial charge in [-0.1, -0.05) is 18.2 Å². The lowest BCUT2D eigenvalue weighted by molar-refractivity contribution is -0.129. The van der Waals surface area contributed by atoms with Gasteiger partial charge >= 0.3 is 6.03 Å². The van der Waals surface area contributed by atoms with Gasteiger partial charge in [0.2, 0.25) is 5.91 Å². The summed E-state index contributed by atoms with van der Waals surface area (Å²) >= 11 is 0. The summed E-state index contributed by atoms with van der Waals surface area (Å²) in [7, 11) is 5.22. The first-order valence-corrected chi connectivity index (χ1v) is 9.85. The second-order valence-electron chi connectivity index (χ2n) is 7.47. The number of benzene rings is 2. The summed E-state index contributed by atoms with van der Waals surface area (Å²) in [6.07, 6.45) is 1.88. The third-order valence-electron chi connectivity index (χ3n) is 4.95. The summed E-state index contributed by atoms with van der Waals surface area (Å²) in [4.78, 5) is 27.6. The van der Waals surface area contributed by atoms with Gasteiger partial charge in [-0.05, 0) is 42.8 Å². The normalized spacial score (nSPS) is 10.7. The molecule has 0 bridgehead atoms. The number of rotatable bonds is 7. The zero-order valence-corrected chi connectivity index (χ0v) is 17.9. The third-order valence-corrected chi connectivity index (χ3v) is 4.95. The van der Waals surface area contributed by atoms with Crippen LogP contribution in [0.1, 0.15) is 5.56 Å². The van der Waals surface area contributed by atoms with Crippen LogP contribution in [-0.2, 0) is 11.3 Å². The van der Waals surface area contributed by atoms with Crippen molar-refractivity contribution in [2.45, 2.75) is 13.5 Å². The number of anilines is 1. The summed E-state index contributed by atoms with van der Waals surface area (Å²) in [6, 6.07) is 15.2. The van der Waals surface area contributed by atoms with Gasteiger partial charge in [-0.3, -0.25) is 4.79 Å². The van der Waals surface area contributed by atoms with Crippen molar-refractivity contribution in [3.8, 4) is 5.75 Å². The Morgan fingerprint density at radius 1 is 1.07 bits per heavy atom. The van der Waals surface area contributed by atoms with E-state index < -0.39 is 0 Å². The van der Waals surface area contributed by atoms with Crippen molar-refractivity contribution < 1.29 is 14.3 Å². The number of nitrogens with one attached hydrogen (secondary N) is 1. The van der Waals surface area contributed by atoms with E-state index in [0.717, 1.165) is 22.2 Å². The number of para-hydroxylation sites is 1. The van der Waals surface area contributed by atoms with Gasteiger partial charge in [-0.2, -0.15) is 0 Å². The first-order valence-electron chi connectivity index (χ1n) is 9.85. The Bertz CT molecular complexity index is 1040. The van der Waals surface area contributed by atoms with Crippen molar-refractivity contribution in [3.05, 3.63) is 60.3 Å². The fraction of sp³-hybridized carbons (Fsp3) is 0.304. The monoisotopic (exact) mass is 408 g/mol. The van der Waals surface area contributed by atoms with E-state index in [1.165, 1.54) is 0 Å². The Morgan fingerprint density at radius 2 is 1.83 bits per heavy atom. The van der Waals surface area contributed by atoms with Crippen LogP contribution >= 0.6 is 0 Å². The number of carbonyl (C=O) groups is 2. The summed E-state index contributed by atoms with van der Waals surface area (Å²) < 4.78 is 7.66. The van der Waals surface area contributed by atoms with E-state index in [1.807, 2.05) is 66.2 Å². The van der Waals surface area contributed by atoms with Crippen LogP contribution in [0.3, 0.4) is 0 Å². The average Bonchev–Trinajstić information content (AvgIpc) is 3.11. The molecule has 30 heavy (non-hydrogen) atoms. The number of nitrogens with zero attached hydrogens (tertiary/aromatic N) is 3. The smallest absolute Gasteiger partial charge is 0.321 e. The zero-order valence-electron chi connectivity index (χ0n) is 17.9. The van der Waals surface area contributed by atoms with E-state index >= 15 is 0 Å². The molecular formula is C23H28N4O3. The minimum absolute atomic E-state index is 0.0272. The summed E-state index contributed by atoms with van der Waals surface area (Å²) in [6.45, 7) is 3.15. The van der Waals surface area contributed by atoms with Crippen LogP contribution in [-0.4, -0.2) is 60.6 Å². The molecule has 0 atom stereocenters. The Morgan fingerprint density at radius 3 is 2.57 bits per heavy atom. The molecule has 3 aromatic rings. The van der Waals surface area contributed by atoms with Gasteiger partial charge in [0.1, 0.15) is 18.9 Å². The molecule has 0 spiro atoms. The molecule has 3 rings (SSSR count). The highest BCUT2D eigenvalue weighted by Gasteiger charge is 2.12. The van der Waals surface area contributed by atoms with Gasteiger partial charge in [-0.15, -0.1) is 0 Å². The van der Waals surface area contributed by atoms with Crippen LogP contribution in [0.2, 0.25) is 0 Å². The maximum atomic E-state index is 12.5. The highest BCUT2D eigenvalue weighted by atomic mass is 16.5. The maximum absolute atomic E-state index is 12.5. The average molecular weight is 409 g/mol. The first-order chi connectivity index (χ1) is 14.3. The fourth-order valence-corrected chi connectivity index (χ4v) is 3.03. The topological polar surface area (TPSA) is 66.8 Å². The number of urea groups is 1. The molecular weight excluding hydrogens is 380 g/mol. The second kappa shape index (κ2) is 9.35. The molecule has 158 valence electrons. The van der Waals surface area contributed by atoms with Crippen molar-refractivity contribution in [3.63, 3.8) is 0 Å². The Kier molecular flexibility index (Phi) is 6.61. The number of carbonyl (C=O) groups excluding carboxylic acids is 2. The van der Waals surface area contributed by atoms with E-state index in [9.17, 15) is 9.59 Å². The Balaban J connectivity index is 1.56. The van der Waals surface area contributed by atoms with E-state index in [-0.39, 0.29) is 18.5 Å². The summed E-state index contributed by atoms with van der Waals surface area (Å²) in [5, 5.41) is 3.87. The van der Waals surface area contributed by atoms with Gasteiger partial charge in [0, 0.05) is 43.9 Å². The van der Waals surface area contributed by atoms with Crippen LogP contribution in [0.4, 0.5) is 10.5 Å². The number of fused-ring (bicyclic) bond motifs is 1. The van der Waals surface area contributed by atoms with E-state index in [4.69, 9.17) is 4.74 Å². The molecule has 0 aliphatic heterocycles. The maximum Gasteiger partial charge on any atom is 0.321 e. The highest BCUT2D eigenvalue weighted by molar-refractivity contribution is 5.93. The molecule has 7 heteroatoms. The predicted molar refractivity (Wildman–Crippen MR) is 119 cm³/mol. The van der Waals surface area contributed by atoms with Crippen LogP contribution in [0.5, 0.6) is 5.75 Å². The van der Waals surface area contributed by atoms with Gasteiger partial charge in [-0.25, -0.2) is 4.79 Å². The van der Waals surface area contributed by atoms with Crippen LogP contribution in [0, 0.1) is 6.92 Å². The minimum Gasteiger partial charge on any atom is -0.491 e. The van der Waals surface area contributed by atoms with Gasteiger partial charge in [0.25, 0.3) is 0 Å². The van der Waals surface area contributed by atoms with Gasteiger partial charge in [0.15, 0.2) is 0 Å². The summed E-state index contributed by atoms with van der Waals surface area (Å²) in [5.41, 5.74) is 2.72. The van der Waals surface area contributed by atoms with E-state index in [1.54, 1.807) is 30.9 Å². The van der Waals surface area contributed by atoms with Crippen LogP contribution < -0.4 is 10.1 Å². The van der Waals surface area contributed by atoms with E-state index in [2.05, 4.69) is 5.32 Å². The molecule has 7 nitrogen and oxygen atoms in total. The molecule has 1 aromatic heterocycles. The molecule has 0 saturated heterocycles. The zero-order chi connectivity index (χ0) is 21.7. The minimum atomic E-state index is -0.204. The molecule has 2 aromatic carbocycles. The Hall–Kier alpha value is -3.48. The Labute approximate surface area is 176 Å². The number of aromatic nitrogens is 1. The van der Waals surface area contributed by atoms with Crippen molar-refractivity contribution in [2.24, 2.45) is 0 Å². The standard InChI is InChI=1S/C23H28N4O3/c1-17-7-5-6-8-21(17)30-14-13-26(4)23(29)24-19-9-10-20-18(15-19)11-12-27(20)16-22(28)25(2)3/h5-12,15H,13-14,16H2,1-4H3,(H,24,29). The number of ether oxygens (including phenoxy) is 1. The molecule has 0 unspecified atom stereocenters. The molecule has 0 radical (unpaired) electrons. The number of aryl methyl sites for hydroxylation is 1. The van der Waals surface area contributed by atoms with Crippen molar-refractivity contribution in [2.75, 3.05) is 39.6 Å². The number of amides is 3. The van der Waals surface area contributed by atoms with Crippen molar-refractivity contribution in [1.29, 1.82) is 0 Å². The van der Waals surface area contributed by atoms with Crippen molar-refractivity contribution >= 4 is 28.5 Å².